The Kier molecular flexibility index (Phi) is 5.50. The van der Waals surface area contributed by atoms with Crippen LogP contribution in [-0.4, -0.2) is 23.8 Å². The first-order valence-electron chi connectivity index (χ1n) is 7.36. The van der Waals surface area contributed by atoms with E-state index in [1.807, 2.05) is 0 Å². The lowest BCUT2D eigenvalue weighted by Crippen LogP contribution is -2.19. The van der Waals surface area contributed by atoms with E-state index in [9.17, 15) is 13.2 Å². The van der Waals surface area contributed by atoms with Crippen LogP contribution in [0.1, 0.15) is 5.56 Å². The second-order valence-electron chi connectivity index (χ2n) is 5.21. The zero-order valence-corrected chi connectivity index (χ0v) is 15.6. The molecule has 134 valence electrons. The number of sulfone groups is 1. The highest BCUT2D eigenvalue weighted by Gasteiger charge is 2.21. The molecule has 0 bridgehead atoms. The third-order valence-corrected chi connectivity index (χ3v) is 5.66. The largest absolute Gasteiger partial charge is 0.325 e. The smallest absolute Gasteiger partial charge is 0.308 e. The molecule has 2 amide bonds. The Bertz CT molecular complexity index is 1010. The van der Waals surface area contributed by atoms with Crippen LogP contribution in [0.25, 0.3) is 0 Å². The van der Waals surface area contributed by atoms with Crippen molar-refractivity contribution < 1.29 is 13.2 Å². The van der Waals surface area contributed by atoms with Crippen LogP contribution in [0.15, 0.2) is 59.8 Å². The van der Waals surface area contributed by atoms with E-state index in [1.165, 1.54) is 0 Å². The molecular formula is C16H13ClN4O3S2. The second-order valence-corrected chi connectivity index (χ2v) is 8.28. The predicted molar refractivity (Wildman–Crippen MR) is 101 cm³/mol. The van der Waals surface area contributed by atoms with E-state index < -0.39 is 15.9 Å². The zero-order chi connectivity index (χ0) is 18.6. The second kappa shape index (κ2) is 7.81. The fourth-order valence-electron chi connectivity index (χ4n) is 2.04. The number of aromatic nitrogens is 2. The lowest BCUT2D eigenvalue weighted by Gasteiger charge is -2.04. The summed E-state index contributed by atoms with van der Waals surface area (Å²) in [4.78, 5) is 15.9. The summed E-state index contributed by atoms with van der Waals surface area (Å²) in [5.41, 5.74) is 1.17. The number of carbonyl (C=O) groups is 1. The van der Waals surface area contributed by atoms with Gasteiger partial charge in [-0.2, -0.15) is 9.36 Å². The number of nitrogens with zero attached hydrogens (tertiary/aromatic N) is 2. The summed E-state index contributed by atoms with van der Waals surface area (Å²) in [6, 6.07) is 14.7. The summed E-state index contributed by atoms with van der Waals surface area (Å²) in [6.07, 6.45) is 0. The standard InChI is InChI=1S/C16H13ClN4O3S2/c17-12-6-8-13(9-7-12)18-14(22)19-15-20-16(21-25-15)26(23,24)10-11-4-2-1-3-5-11/h1-9H,10H2,(H2,18,19,20,21,22). The van der Waals surface area contributed by atoms with E-state index in [2.05, 4.69) is 20.0 Å². The summed E-state index contributed by atoms with van der Waals surface area (Å²) >= 11 is 6.57. The Morgan fingerprint density at radius 2 is 1.73 bits per heavy atom. The summed E-state index contributed by atoms with van der Waals surface area (Å²) in [5.74, 6) is -0.207. The number of urea groups is 1. The number of halogens is 1. The Labute approximate surface area is 159 Å². The van der Waals surface area contributed by atoms with E-state index in [1.54, 1.807) is 54.6 Å². The first-order valence-corrected chi connectivity index (χ1v) is 10.2. The average Bonchev–Trinajstić information content (AvgIpc) is 3.07. The molecule has 1 heterocycles. The molecule has 2 N–H and O–H groups in total. The van der Waals surface area contributed by atoms with Gasteiger partial charge in [0, 0.05) is 22.2 Å². The maximum Gasteiger partial charge on any atom is 0.325 e. The van der Waals surface area contributed by atoms with Crippen molar-refractivity contribution in [1.29, 1.82) is 0 Å². The van der Waals surface area contributed by atoms with E-state index >= 15 is 0 Å². The van der Waals surface area contributed by atoms with Crippen LogP contribution in [0.5, 0.6) is 0 Å². The van der Waals surface area contributed by atoms with Gasteiger partial charge in [-0.1, -0.05) is 41.9 Å². The van der Waals surface area contributed by atoms with Crippen molar-refractivity contribution in [2.45, 2.75) is 10.9 Å². The van der Waals surface area contributed by atoms with Gasteiger partial charge in [-0.15, -0.1) is 0 Å². The molecule has 0 saturated heterocycles. The first-order chi connectivity index (χ1) is 12.4. The average molecular weight is 409 g/mol. The summed E-state index contributed by atoms with van der Waals surface area (Å²) in [5, 5.41) is 5.37. The number of anilines is 2. The Morgan fingerprint density at radius 1 is 1.04 bits per heavy atom. The van der Waals surface area contributed by atoms with E-state index in [0.717, 1.165) is 11.5 Å². The summed E-state index contributed by atoms with van der Waals surface area (Å²) in [6.45, 7) is 0. The van der Waals surface area contributed by atoms with Gasteiger partial charge in [0.2, 0.25) is 15.0 Å². The van der Waals surface area contributed by atoms with Crippen LogP contribution < -0.4 is 10.6 Å². The van der Waals surface area contributed by atoms with Gasteiger partial charge in [-0.05, 0) is 29.8 Å². The van der Waals surface area contributed by atoms with Gasteiger partial charge in [0.15, 0.2) is 0 Å². The third-order valence-electron chi connectivity index (χ3n) is 3.21. The van der Waals surface area contributed by atoms with Crippen molar-refractivity contribution in [2.75, 3.05) is 10.6 Å². The SMILES string of the molecule is O=C(Nc1ccc(Cl)cc1)Nc1nc(S(=O)(=O)Cc2ccccc2)ns1. The van der Waals surface area contributed by atoms with Crippen LogP contribution in [0, 0.1) is 0 Å². The lowest BCUT2D eigenvalue weighted by molar-refractivity contribution is 0.262. The molecule has 0 aliphatic carbocycles. The van der Waals surface area contributed by atoms with E-state index in [-0.39, 0.29) is 16.0 Å². The molecule has 26 heavy (non-hydrogen) atoms. The molecule has 0 radical (unpaired) electrons. The minimum Gasteiger partial charge on any atom is -0.308 e. The lowest BCUT2D eigenvalue weighted by atomic mass is 10.2. The van der Waals surface area contributed by atoms with Crippen molar-refractivity contribution in [3.8, 4) is 0 Å². The fraction of sp³-hybridized carbons (Fsp3) is 0.0625. The van der Waals surface area contributed by atoms with E-state index in [4.69, 9.17) is 11.6 Å². The Hall–Kier alpha value is -2.49. The molecule has 1 aromatic heterocycles. The van der Waals surface area contributed by atoms with Crippen LogP contribution >= 0.6 is 23.1 Å². The quantitative estimate of drug-likeness (QED) is 0.668. The van der Waals surface area contributed by atoms with Gasteiger partial charge in [-0.25, -0.2) is 13.2 Å². The summed E-state index contributed by atoms with van der Waals surface area (Å²) in [7, 11) is -3.69. The minimum absolute atomic E-state index is 0.0862. The molecule has 0 spiro atoms. The highest BCUT2D eigenvalue weighted by Crippen LogP contribution is 2.19. The van der Waals surface area contributed by atoms with Crippen LogP contribution in [0.4, 0.5) is 15.6 Å². The molecule has 2 aromatic carbocycles. The van der Waals surface area contributed by atoms with E-state index in [0.29, 0.717) is 16.3 Å². The number of hydrogen-bond acceptors (Lipinski definition) is 6. The number of hydrogen-bond donors (Lipinski definition) is 2. The van der Waals surface area contributed by atoms with Crippen molar-refractivity contribution >= 4 is 49.8 Å². The highest BCUT2D eigenvalue weighted by molar-refractivity contribution is 7.90. The van der Waals surface area contributed by atoms with Gasteiger partial charge < -0.3 is 5.32 Å². The molecule has 10 heteroatoms. The fourth-order valence-corrected chi connectivity index (χ4v) is 4.25. The van der Waals surface area contributed by atoms with Crippen LogP contribution in [-0.2, 0) is 15.6 Å². The Morgan fingerprint density at radius 3 is 2.42 bits per heavy atom. The minimum atomic E-state index is -3.69. The molecule has 0 aliphatic rings. The first kappa shape index (κ1) is 18.3. The maximum atomic E-state index is 12.4. The highest BCUT2D eigenvalue weighted by atomic mass is 35.5. The van der Waals surface area contributed by atoms with Crippen molar-refractivity contribution in [3.63, 3.8) is 0 Å². The molecule has 3 rings (SSSR count). The molecule has 7 nitrogen and oxygen atoms in total. The summed E-state index contributed by atoms with van der Waals surface area (Å²) < 4.78 is 28.6. The molecule has 3 aromatic rings. The predicted octanol–water partition coefficient (Wildman–Crippen LogP) is 3.81. The Balaban J connectivity index is 1.65. The van der Waals surface area contributed by atoms with Gasteiger partial charge in [0.25, 0.3) is 5.16 Å². The maximum absolute atomic E-state index is 12.4. The number of benzene rings is 2. The zero-order valence-electron chi connectivity index (χ0n) is 13.2. The van der Waals surface area contributed by atoms with Crippen LogP contribution in [0.3, 0.4) is 0 Å². The third kappa shape index (κ3) is 4.78. The molecule has 0 atom stereocenters. The molecule has 0 unspecified atom stereocenters. The molecule has 0 saturated carbocycles. The molecule has 0 fully saturated rings. The number of rotatable bonds is 5. The van der Waals surface area contributed by atoms with Gasteiger partial charge in [0.1, 0.15) is 0 Å². The monoisotopic (exact) mass is 408 g/mol. The number of carbonyl (C=O) groups excluding carboxylic acids is 1. The van der Waals surface area contributed by atoms with Crippen molar-refractivity contribution in [2.24, 2.45) is 0 Å². The number of amides is 2. The normalized spacial score (nSPS) is 11.1. The molecule has 0 aliphatic heterocycles. The number of nitrogens with one attached hydrogen (secondary N) is 2. The van der Waals surface area contributed by atoms with Crippen molar-refractivity contribution in [1.82, 2.24) is 9.36 Å². The van der Waals surface area contributed by atoms with Gasteiger partial charge in [0.05, 0.1) is 5.75 Å². The molecular weight excluding hydrogens is 396 g/mol. The van der Waals surface area contributed by atoms with Gasteiger partial charge in [-0.3, -0.25) is 5.32 Å². The van der Waals surface area contributed by atoms with Crippen LogP contribution in [0.2, 0.25) is 5.02 Å². The van der Waals surface area contributed by atoms with Crippen molar-refractivity contribution in [3.05, 3.63) is 65.2 Å². The topological polar surface area (TPSA) is 101 Å². The van der Waals surface area contributed by atoms with Gasteiger partial charge >= 0.3 is 6.03 Å².